The summed E-state index contributed by atoms with van der Waals surface area (Å²) in [6, 6.07) is 11.8. The number of unbranched alkanes of at least 4 members (excludes halogenated alkanes) is 11. The minimum absolute atomic E-state index is 0.0457. The number of rotatable bonds is 13. The fourth-order valence-corrected chi connectivity index (χ4v) is 4.73. The van der Waals surface area contributed by atoms with Crippen LogP contribution in [0.4, 0.5) is 0 Å². The van der Waals surface area contributed by atoms with E-state index in [1.807, 2.05) is 6.07 Å². The molecule has 0 spiro atoms. The van der Waals surface area contributed by atoms with E-state index in [2.05, 4.69) is 6.92 Å². The average Bonchev–Trinajstić information content (AvgIpc) is 2.71. The molecule has 2 rings (SSSR count). The van der Waals surface area contributed by atoms with E-state index in [1.165, 1.54) is 115 Å². The third-order valence-corrected chi connectivity index (χ3v) is 6.85. The molecule has 1 N–H and O–H groups in total. The molecule has 0 aliphatic heterocycles. The van der Waals surface area contributed by atoms with Gasteiger partial charge in [-0.25, -0.2) is 0 Å². The minimum Gasteiger partial charge on any atom is -0.282 e. The van der Waals surface area contributed by atoms with Gasteiger partial charge in [-0.15, -0.1) is 0 Å². The standard InChI is InChI=1S/C14H29.C10H8O3S.Na/c1-3-5-7-9-11-13-14-12-10-8-6-4-2;11-14(12,13)10-7-3-5-8-4-1-2-6-9(8)10;/h1,3-14H2,2H3;1-7H,(H,11,12,13);. The van der Waals surface area contributed by atoms with E-state index in [0.717, 1.165) is 5.39 Å². The van der Waals surface area contributed by atoms with Gasteiger partial charge in [-0.05, 0) is 11.5 Å². The van der Waals surface area contributed by atoms with Crippen molar-refractivity contribution in [2.45, 2.75) is 92.5 Å². The van der Waals surface area contributed by atoms with Crippen LogP contribution in [0.2, 0.25) is 3.67 Å². The molecule has 2 aromatic rings. The van der Waals surface area contributed by atoms with Crippen molar-refractivity contribution in [2.75, 3.05) is 0 Å². The largest absolute Gasteiger partial charge is 0.295 e. The molecule has 0 fully saturated rings. The number of hydrogen-bond donors (Lipinski definition) is 1. The molecule has 0 aromatic heterocycles. The van der Waals surface area contributed by atoms with Crippen LogP contribution in [-0.4, -0.2) is 40.9 Å². The fraction of sp³-hybridized carbons (Fsp3) is 0.583. The zero-order valence-electron chi connectivity index (χ0n) is 18.4. The van der Waals surface area contributed by atoms with Crippen LogP contribution in [0, 0.1) is 0 Å². The molecule has 5 heteroatoms. The molecule has 0 saturated carbocycles. The molecule has 0 aliphatic carbocycles. The van der Waals surface area contributed by atoms with Crippen LogP contribution >= 0.6 is 0 Å². The average molecular weight is 429 g/mol. The predicted molar refractivity (Wildman–Crippen MR) is 125 cm³/mol. The van der Waals surface area contributed by atoms with Crippen molar-refractivity contribution < 1.29 is 13.0 Å². The van der Waals surface area contributed by atoms with Gasteiger partial charge in [-0.3, -0.25) is 4.55 Å². The Hall–Kier alpha value is -0.390. The monoisotopic (exact) mass is 428 g/mol. The Morgan fingerprint density at radius 3 is 1.72 bits per heavy atom. The van der Waals surface area contributed by atoms with Gasteiger partial charge in [0, 0.05) is 5.39 Å². The van der Waals surface area contributed by atoms with Gasteiger partial charge in [0.05, 0.1) is 0 Å². The van der Waals surface area contributed by atoms with Crippen molar-refractivity contribution in [3.05, 3.63) is 42.5 Å². The van der Waals surface area contributed by atoms with E-state index in [4.69, 9.17) is 4.55 Å². The van der Waals surface area contributed by atoms with Gasteiger partial charge < -0.3 is 0 Å². The molecular weight excluding hydrogens is 391 g/mol. The van der Waals surface area contributed by atoms with E-state index >= 15 is 0 Å². The quantitative estimate of drug-likeness (QED) is 0.206. The number of benzene rings is 2. The summed E-state index contributed by atoms with van der Waals surface area (Å²) >= 11 is 1.41. The SMILES string of the molecule is CCCCCCCCCCCCC[CH2][Na].O=S(=O)(O)c1cccc2ccccc12. The smallest absolute Gasteiger partial charge is 0.282 e. The Kier molecular flexibility index (Phi) is 15.0. The maximum Gasteiger partial charge on any atom is 0.295 e. The van der Waals surface area contributed by atoms with Crippen molar-refractivity contribution in [2.24, 2.45) is 0 Å². The molecule has 3 nitrogen and oxygen atoms in total. The molecule has 0 radical (unpaired) electrons. The van der Waals surface area contributed by atoms with Crippen molar-refractivity contribution >= 4 is 48.8 Å². The molecule has 0 amide bonds. The first-order chi connectivity index (χ1) is 14.0. The third kappa shape index (κ3) is 12.1. The Bertz CT molecular complexity index is 757. The summed E-state index contributed by atoms with van der Waals surface area (Å²) in [7, 11) is -4.13. The molecule has 0 aliphatic rings. The van der Waals surface area contributed by atoms with E-state index < -0.39 is 10.1 Å². The predicted octanol–water partition coefficient (Wildman–Crippen LogP) is 7.36. The molecule has 0 unspecified atom stereocenters. The maximum absolute atomic E-state index is 11.0. The van der Waals surface area contributed by atoms with Gasteiger partial charge in [0.15, 0.2) is 0 Å². The second kappa shape index (κ2) is 16.3. The molecule has 0 saturated heterocycles. The third-order valence-electron chi connectivity index (χ3n) is 5.23. The second-order valence-electron chi connectivity index (χ2n) is 7.84. The van der Waals surface area contributed by atoms with Gasteiger partial charge in [0.1, 0.15) is 4.90 Å². The summed E-state index contributed by atoms with van der Waals surface area (Å²) in [5.41, 5.74) is 0. The van der Waals surface area contributed by atoms with E-state index in [-0.39, 0.29) is 4.90 Å². The zero-order valence-corrected chi connectivity index (χ0v) is 21.2. The zero-order chi connectivity index (χ0) is 21.4. The molecule has 2 aromatic carbocycles. The van der Waals surface area contributed by atoms with Crippen molar-refractivity contribution in [1.82, 2.24) is 0 Å². The van der Waals surface area contributed by atoms with E-state index in [0.29, 0.717) is 5.39 Å². The normalized spacial score (nSPS) is 11.3. The van der Waals surface area contributed by atoms with Gasteiger partial charge in [0.25, 0.3) is 10.1 Å². The van der Waals surface area contributed by atoms with Crippen LogP contribution < -0.4 is 0 Å². The molecule has 29 heavy (non-hydrogen) atoms. The molecule has 0 heterocycles. The van der Waals surface area contributed by atoms with Crippen LogP contribution in [0.5, 0.6) is 0 Å². The summed E-state index contributed by atoms with van der Waals surface area (Å²) < 4.78 is 32.5. The first kappa shape index (κ1) is 26.6. The molecule has 158 valence electrons. The number of fused-ring (bicyclic) bond motifs is 1. The molecule has 0 bridgehead atoms. The molecular formula is C24H37NaO3S. The summed E-state index contributed by atoms with van der Waals surface area (Å²) in [6.45, 7) is 2.29. The Balaban J connectivity index is 0.000000290. The van der Waals surface area contributed by atoms with Gasteiger partial charge >= 0.3 is 102 Å². The van der Waals surface area contributed by atoms with Crippen molar-refractivity contribution in [3.8, 4) is 0 Å². The summed E-state index contributed by atoms with van der Waals surface area (Å²) in [4.78, 5) is -0.0457. The van der Waals surface area contributed by atoms with Gasteiger partial charge in [-0.2, -0.15) is 8.42 Å². The van der Waals surface area contributed by atoms with Crippen LogP contribution in [-0.2, 0) is 10.1 Å². The Labute approximate surface area is 195 Å². The summed E-state index contributed by atoms with van der Waals surface area (Å²) in [5.74, 6) is 0. The van der Waals surface area contributed by atoms with Crippen LogP contribution in [0.25, 0.3) is 10.8 Å². The van der Waals surface area contributed by atoms with Crippen LogP contribution in [0.15, 0.2) is 47.4 Å². The second-order valence-corrected chi connectivity index (χ2v) is 10.2. The first-order valence-corrected chi connectivity index (χ1v) is 14.3. The number of hydrogen-bond acceptors (Lipinski definition) is 2. The minimum atomic E-state index is -4.13. The van der Waals surface area contributed by atoms with Crippen molar-refractivity contribution in [1.29, 1.82) is 0 Å². The summed E-state index contributed by atoms with van der Waals surface area (Å²) in [6.07, 6.45) is 17.7. The van der Waals surface area contributed by atoms with E-state index in [9.17, 15) is 8.42 Å². The maximum atomic E-state index is 11.0. The van der Waals surface area contributed by atoms with Gasteiger partial charge in [-0.1, -0.05) is 49.7 Å². The van der Waals surface area contributed by atoms with Gasteiger partial charge in [0.2, 0.25) is 0 Å². The summed E-state index contributed by atoms with van der Waals surface area (Å²) in [5, 5.41) is 1.33. The topological polar surface area (TPSA) is 54.4 Å². The fourth-order valence-electron chi connectivity index (χ4n) is 3.51. The molecule has 0 atom stereocenters. The van der Waals surface area contributed by atoms with Crippen molar-refractivity contribution in [3.63, 3.8) is 0 Å². The Morgan fingerprint density at radius 2 is 1.21 bits per heavy atom. The Morgan fingerprint density at radius 1 is 0.724 bits per heavy atom. The van der Waals surface area contributed by atoms with E-state index in [1.54, 1.807) is 30.3 Å². The van der Waals surface area contributed by atoms with Crippen LogP contribution in [0.1, 0.15) is 84.0 Å². The first-order valence-electron chi connectivity index (χ1n) is 11.5. The van der Waals surface area contributed by atoms with Crippen LogP contribution in [0.3, 0.4) is 0 Å².